The average Bonchev–Trinajstić information content (AvgIpc) is 2.75. The number of piperidine rings is 1. The van der Waals surface area contributed by atoms with Gasteiger partial charge in [0, 0.05) is 32.2 Å². The Morgan fingerprint density at radius 3 is 2.45 bits per heavy atom. The van der Waals surface area contributed by atoms with E-state index in [2.05, 4.69) is 20.5 Å². The molecule has 0 aliphatic carbocycles. The number of methoxy groups -OCH3 is 1. The number of aromatic hydroxyl groups is 1. The van der Waals surface area contributed by atoms with Crippen LogP contribution in [0.4, 0.5) is 4.39 Å². The SMILES string of the molecule is CCNC(=NCc1ccc(OC)c(O)c1)NC1CCN(Cc2ccc(F)cc2)CC1.I. The monoisotopic (exact) mass is 542 g/mol. The number of phenolic OH excluding ortho intramolecular Hbond substituents is 1. The van der Waals surface area contributed by atoms with Gasteiger partial charge in [0.05, 0.1) is 13.7 Å². The number of rotatable bonds is 7. The molecule has 0 bridgehead atoms. The maximum atomic E-state index is 13.1. The van der Waals surface area contributed by atoms with E-state index in [0.717, 1.165) is 56.1 Å². The molecular formula is C23H32FIN4O2. The fourth-order valence-corrected chi connectivity index (χ4v) is 3.60. The molecule has 0 spiro atoms. The summed E-state index contributed by atoms with van der Waals surface area (Å²) < 4.78 is 18.2. The summed E-state index contributed by atoms with van der Waals surface area (Å²) in [6.45, 7) is 6.12. The molecule has 0 radical (unpaired) electrons. The molecule has 0 unspecified atom stereocenters. The molecule has 3 rings (SSSR count). The molecule has 0 aromatic heterocycles. The van der Waals surface area contributed by atoms with Crippen molar-refractivity contribution < 1.29 is 14.2 Å². The van der Waals surface area contributed by atoms with Crippen LogP contribution in [0.2, 0.25) is 0 Å². The molecule has 0 saturated carbocycles. The maximum Gasteiger partial charge on any atom is 0.191 e. The fraction of sp³-hybridized carbons (Fsp3) is 0.435. The summed E-state index contributed by atoms with van der Waals surface area (Å²) in [5.74, 6) is 1.17. The Bertz CT molecular complexity index is 840. The number of halogens is 2. The Balaban J connectivity index is 0.00000341. The second kappa shape index (κ2) is 12.7. The van der Waals surface area contributed by atoms with Crippen molar-refractivity contribution in [2.45, 2.75) is 38.9 Å². The van der Waals surface area contributed by atoms with Crippen LogP contribution < -0.4 is 15.4 Å². The Morgan fingerprint density at radius 1 is 1.16 bits per heavy atom. The number of ether oxygens (including phenoxy) is 1. The second-order valence-corrected chi connectivity index (χ2v) is 7.52. The molecule has 6 nitrogen and oxygen atoms in total. The highest BCUT2D eigenvalue weighted by Crippen LogP contribution is 2.26. The Hall–Kier alpha value is -2.07. The van der Waals surface area contributed by atoms with Crippen molar-refractivity contribution in [2.24, 2.45) is 4.99 Å². The fourth-order valence-electron chi connectivity index (χ4n) is 3.60. The zero-order valence-corrected chi connectivity index (χ0v) is 20.4. The van der Waals surface area contributed by atoms with Crippen molar-refractivity contribution in [1.82, 2.24) is 15.5 Å². The average molecular weight is 542 g/mol. The number of benzene rings is 2. The van der Waals surface area contributed by atoms with E-state index in [4.69, 9.17) is 4.74 Å². The van der Waals surface area contributed by atoms with E-state index in [1.165, 1.54) is 19.2 Å². The third kappa shape index (κ3) is 7.84. The summed E-state index contributed by atoms with van der Waals surface area (Å²) in [6, 6.07) is 12.4. The standard InChI is InChI=1S/C23H31FN4O2.HI/c1-3-25-23(26-15-18-6-9-22(30-2)21(29)14-18)27-20-10-12-28(13-11-20)16-17-4-7-19(24)8-5-17;/h4-9,14,20,29H,3,10-13,15-16H2,1-2H3,(H2,25,26,27);1H. The molecule has 1 aliphatic heterocycles. The predicted octanol–water partition coefficient (Wildman–Crippen LogP) is 3.88. The van der Waals surface area contributed by atoms with Crippen molar-refractivity contribution >= 4 is 29.9 Å². The predicted molar refractivity (Wildman–Crippen MR) is 133 cm³/mol. The molecule has 3 N–H and O–H groups in total. The van der Waals surface area contributed by atoms with Crippen LogP contribution in [0.25, 0.3) is 0 Å². The first-order valence-electron chi connectivity index (χ1n) is 10.4. The highest BCUT2D eigenvalue weighted by molar-refractivity contribution is 14.0. The van der Waals surface area contributed by atoms with E-state index in [0.29, 0.717) is 18.3 Å². The minimum absolute atomic E-state index is 0. The third-order valence-corrected chi connectivity index (χ3v) is 5.26. The summed E-state index contributed by atoms with van der Waals surface area (Å²) in [5, 5.41) is 16.8. The lowest BCUT2D eigenvalue weighted by Gasteiger charge is -2.33. The topological polar surface area (TPSA) is 69.1 Å². The molecule has 1 fully saturated rings. The maximum absolute atomic E-state index is 13.1. The van der Waals surface area contributed by atoms with Gasteiger partial charge in [-0.25, -0.2) is 9.38 Å². The van der Waals surface area contributed by atoms with Crippen LogP contribution in [0.15, 0.2) is 47.5 Å². The van der Waals surface area contributed by atoms with Crippen LogP contribution in [0.5, 0.6) is 11.5 Å². The van der Waals surface area contributed by atoms with Gasteiger partial charge in [-0.3, -0.25) is 4.90 Å². The van der Waals surface area contributed by atoms with Crippen molar-refractivity contribution in [1.29, 1.82) is 0 Å². The number of hydrogen-bond donors (Lipinski definition) is 3. The first kappa shape index (κ1) is 25.2. The normalized spacial score (nSPS) is 15.3. The van der Waals surface area contributed by atoms with Gasteiger partial charge in [-0.2, -0.15) is 0 Å². The van der Waals surface area contributed by atoms with Crippen LogP contribution >= 0.6 is 24.0 Å². The van der Waals surface area contributed by atoms with Gasteiger partial charge >= 0.3 is 0 Å². The van der Waals surface area contributed by atoms with Crippen molar-refractivity contribution in [3.63, 3.8) is 0 Å². The van der Waals surface area contributed by atoms with Gasteiger partial charge in [-0.1, -0.05) is 18.2 Å². The molecule has 2 aromatic rings. The number of likely N-dealkylation sites (tertiary alicyclic amines) is 1. The largest absolute Gasteiger partial charge is 0.504 e. The zero-order chi connectivity index (χ0) is 21.3. The highest BCUT2D eigenvalue weighted by Gasteiger charge is 2.20. The number of nitrogens with zero attached hydrogens (tertiary/aromatic N) is 2. The summed E-state index contributed by atoms with van der Waals surface area (Å²) in [7, 11) is 1.53. The van der Waals surface area contributed by atoms with Crippen molar-refractivity contribution in [3.05, 3.63) is 59.4 Å². The Labute approximate surface area is 200 Å². The van der Waals surface area contributed by atoms with Crippen LogP contribution in [-0.4, -0.2) is 48.8 Å². The van der Waals surface area contributed by atoms with Gasteiger partial charge in [-0.05, 0) is 55.2 Å². The number of phenols is 1. The first-order valence-corrected chi connectivity index (χ1v) is 10.4. The van der Waals surface area contributed by atoms with Gasteiger partial charge in [-0.15, -0.1) is 24.0 Å². The van der Waals surface area contributed by atoms with E-state index in [-0.39, 0.29) is 35.5 Å². The van der Waals surface area contributed by atoms with Crippen LogP contribution in [0.1, 0.15) is 30.9 Å². The van der Waals surface area contributed by atoms with Gasteiger partial charge in [0.2, 0.25) is 0 Å². The zero-order valence-electron chi connectivity index (χ0n) is 18.1. The van der Waals surface area contributed by atoms with E-state index < -0.39 is 0 Å². The molecule has 2 aromatic carbocycles. The van der Waals surface area contributed by atoms with E-state index >= 15 is 0 Å². The van der Waals surface area contributed by atoms with E-state index in [1.807, 2.05) is 25.1 Å². The highest BCUT2D eigenvalue weighted by atomic mass is 127. The molecule has 1 heterocycles. The van der Waals surface area contributed by atoms with Crippen molar-refractivity contribution in [3.8, 4) is 11.5 Å². The van der Waals surface area contributed by atoms with Gasteiger partial charge in [0.1, 0.15) is 5.82 Å². The van der Waals surface area contributed by atoms with Crippen molar-refractivity contribution in [2.75, 3.05) is 26.7 Å². The van der Waals surface area contributed by atoms with Crippen LogP contribution in [-0.2, 0) is 13.1 Å². The van der Waals surface area contributed by atoms with Crippen LogP contribution in [0.3, 0.4) is 0 Å². The van der Waals surface area contributed by atoms with E-state index in [9.17, 15) is 9.50 Å². The number of nitrogens with one attached hydrogen (secondary N) is 2. The second-order valence-electron chi connectivity index (χ2n) is 7.52. The Morgan fingerprint density at radius 2 is 1.84 bits per heavy atom. The Kier molecular flexibility index (Phi) is 10.3. The van der Waals surface area contributed by atoms with E-state index in [1.54, 1.807) is 12.1 Å². The smallest absolute Gasteiger partial charge is 0.191 e. The lowest BCUT2D eigenvalue weighted by atomic mass is 10.0. The van der Waals surface area contributed by atoms with Gasteiger partial charge < -0.3 is 20.5 Å². The third-order valence-electron chi connectivity index (χ3n) is 5.26. The number of guanidine groups is 1. The number of hydrogen-bond acceptors (Lipinski definition) is 4. The first-order chi connectivity index (χ1) is 14.6. The molecule has 1 saturated heterocycles. The molecule has 0 atom stereocenters. The summed E-state index contributed by atoms with van der Waals surface area (Å²) in [4.78, 5) is 7.06. The lowest BCUT2D eigenvalue weighted by molar-refractivity contribution is 0.198. The lowest BCUT2D eigenvalue weighted by Crippen LogP contribution is -2.48. The van der Waals surface area contributed by atoms with Gasteiger partial charge in [0.25, 0.3) is 0 Å². The quantitative estimate of drug-likeness (QED) is 0.282. The van der Waals surface area contributed by atoms with Gasteiger partial charge in [0.15, 0.2) is 17.5 Å². The minimum Gasteiger partial charge on any atom is -0.504 e. The molecule has 31 heavy (non-hydrogen) atoms. The minimum atomic E-state index is -0.193. The molecule has 170 valence electrons. The number of aliphatic imine (C=N–C) groups is 1. The summed E-state index contributed by atoms with van der Waals surface area (Å²) >= 11 is 0. The molecule has 0 amide bonds. The summed E-state index contributed by atoms with van der Waals surface area (Å²) in [6.07, 6.45) is 2.05. The summed E-state index contributed by atoms with van der Waals surface area (Å²) in [5.41, 5.74) is 2.06. The molecule has 1 aliphatic rings. The molecule has 8 heteroatoms. The molecular weight excluding hydrogens is 510 g/mol. The van der Waals surface area contributed by atoms with Crippen LogP contribution in [0, 0.1) is 5.82 Å².